The van der Waals surface area contributed by atoms with Crippen molar-refractivity contribution in [2.45, 2.75) is 40.2 Å². The van der Waals surface area contributed by atoms with E-state index in [1.807, 2.05) is 32.0 Å². The average Bonchev–Trinajstić information content (AvgIpc) is 2.14. The maximum Gasteiger partial charge on any atom is 0.251 e. The predicted octanol–water partition coefficient (Wildman–Crippen LogP) is 3.92. The lowest BCUT2D eigenvalue weighted by Gasteiger charge is -2.16. The van der Waals surface area contributed by atoms with Gasteiger partial charge in [0.05, 0.1) is 0 Å². The van der Waals surface area contributed by atoms with Gasteiger partial charge in [-0.25, -0.2) is 0 Å². The van der Waals surface area contributed by atoms with Gasteiger partial charge in [0.25, 0.3) is 5.91 Å². The number of benzene rings is 1. The van der Waals surface area contributed by atoms with E-state index in [2.05, 4.69) is 35.1 Å². The van der Waals surface area contributed by atoms with Crippen LogP contribution in [0.1, 0.15) is 43.1 Å². The lowest BCUT2D eigenvalue weighted by molar-refractivity contribution is 0.0936. The van der Waals surface area contributed by atoms with Crippen LogP contribution in [0.25, 0.3) is 0 Å². The number of amides is 1. The van der Waals surface area contributed by atoms with Gasteiger partial charge in [-0.1, -0.05) is 29.8 Å². The highest BCUT2D eigenvalue weighted by Gasteiger charge is 2.11. The van der Waals surface area contributed by atoms with Gasteiger partial charge in [0, 0.05) is 16.1 Å². The van der Waals surface area contributed by atoms with Gasteiger partial charge in [-0.15, -0.1) is 0 Å². The largest absolute Gasteiger partial charge is 0.350 e. The Balaban J connectivity index is 2.69. The molecule has 0 bridgehead atoms. The standard InChI is InChI=1S/C14H20BrNO/c1-9(2)5-11(4)16-14(17)12-6-10(3)7-13(15)8-12/h6-9,11H,5H2,1-4H3,(H,16,17). The number of nitrogens with one attached hydrogen (secondary N) is 1. The molecule has 17 heavy (non-hydrogen) atoms. The van der Waals surface area contributed by atoms with E-state index >= 15 is 0 Å². The maximum absolute atomic E-state index is 12.0. The molecule has 0 heterocycles. The van der Waals surface area contributed by atoms with Crippen LogP contribution in [0.3, 0.4) is 0 Å². The Kier molecular flexibility index (Phi) is 5.19. The van der Waals surface area contributed by atoms with Crippen LogP contribution in [-0.4, -0.2) is 11.9 Å². The van der Waals surface area contributed by atoms with Crippen LogP contribution in [-0.2, 0) is 0 Å². The lowest BCUT2D eigenvalue weighted by atomic mass is 10.0. The van der Waals surface area contributed by atoms with Crippen LogP contribution in [0.2, 0.25) is 0 Å². The number of aryl methyl sites for hydroxylation is 1. The molecular formula is C14H20BrNO. The number of rotatable bonds is 4. The lowest BCUT2D eigenvalue weighted by Crippen LogP contribution is -2.33. The smallest absolute Gasteiger partial charge is 0.251 e. The topological polar surface area (TPSA) is 29.1 Å². The van der Waals surface area contributed by atoms with Crippen LogP contribution in [0.15, 0.2) is 22.7 Å². The fraction of sp³-hybridized carbons (Fsp3) is 0.500. The summed E-state index contributed by atoms with van der Waals surface area (Å²) in [6, 6.07) is 5.96. The third kappa shape index (κ3) is 4.90. The zero-order valence-electron chi connectivity index (χ0n) is 10.9. The van der Waals surface area contributed by atoms with E-state index in [0.29, 0.717) is 11.5 Å². The first-order valence-corrected chi connectivity index (χ1v) is 6.76. The monoisotopic (exact) mass is 297 g/mol. The Morgan fingerprint density at radius 3 is 2.47 bits per heavy atom. The van der Waals surface area contributed by atoms with Crippen LogP contribution in [0, 0.1) is 12.8 Å². The van der Waals surface area contributed by atoms with Crippen molar-refractivity contribution >= 4 is 21.8 Å². The van der Waals surface area contributed by atoms with Crippen molar-refractivity contribution in [3.05, 3.63) is 33.8 Å². The van der Waals surface area contributed by atoms with Crippen molar-refractivity contribution in [3.63, 3.8) is 0 Å². The van der Waals surface area contributed by atoms with E-state index in [0.717, 1.165) is 16.5 Å². The average molecular weight is 298 g/mol. The molecule has 1 rings (SSSR count). The Bertz CT molecular complexity index is 381. The van der Waals surface area contributed by atoms with Crippen LogP contribution < -0.4 is 5.32 Å². The number of carbonyl (C=O) groups excluding carboxylic acids is 1. The van der Waals surface area contributed by atoms with E-state index in [1.165, 1.54) is 0 Å². The van der Waals surface area contributed by atoms with Crippen molar-refractivity contribution in [1.29, 1.82) is 0 Å². The summed E-state index contributed by atoms with van der Waals surface area (Å²) in [5.41, 5.74) is 1.80. The van der Waals surface area contributed by atoms with Crippen LogP contribution >= 0.6 is 15.9 Å². The second-order valence-corrected chi connectivity index (χ2v) is 5.94. The van der Waals surface area contributed by atoms with E-state index in [4.69, 9.17) is 0 Å². The Labute approximate surface area is 112 Å². The Morgan fingerprint density at radius 1 is 1.29 bits per heavy atom. The molecule has 1 aromatic rings. The SMILES string of the molecule is Cc1cc(Br)cc(C(=O)NC(C)CC(C)C)c1. The fourth-order valence-corrected chi connectivity index (χ4v) is 2.55. The summed E-state index contributed by atoms with van der Waals surface area (Å²) in [4.78, 5) is 12.0. The summed E-state index contributed by atoms with van der Waals surface area (Å²) in [6.45, 7) is 8.35. The summed E-state index contributed by atoms with van der Waals surface area (Å²) in [5.74, 6) is 0.595. The Morgan fingerprint density at radius 2 is 1.94 bits per heavy atom. The van der Waals surface area contributed by atoms with Crippen LogP contribution in [0.4, 0.5) is 0 Å². The molecule has 0 aliphatic heterocycles. The van der Waals surface area contributed by atoms with Gasteiger partial charge in [0.2, 0.25) is 0 Å². The number of hydrogen-bond donors (Lipinski definition) is 1. The molecule has 0 aliphatic carbocycles. The molecule has 94 valence electrons. The third-order valence-corrected chi connectivity index (χ3v) is 2.96. The first-order chi connectivity index (χ1) is 7.88. The highest BCUT2D eigenvalue weighted by atomic mass is 79.9. The van der Waals surface area contributed by atoms with Gasteiger partial charge in [0.15, 0.2) is 0 Å². The summed E-state index contributed by atoms with van der Waals surface area (Å²) in [5, 5.41) is 3.02. The van der Waals surface area contributed by atoms with E-state index in [9.17, 15) is 4.79 Å². The van der Waals surface area contributed by atoms with Crippen molar-refractivity contribution in [2.75, 3.05) is 0 Å². The molecular weight excluding hydrogens is 278 g/mol. The molecule has 0 radical (unpaired) electrons. The molecule has 0 fully saturated rings. The minimum Gasteiger partial charge on any atom is -0.350 e. The van der Waals surface area contributed by atoms with Crippen molar-refractivity contribution < 1.29 is 4.79 Å². The van der Waals surface area contributed by atoms with Gasteiger partial charge < -0.3 is 5.32 Å². The molecule has 1 unspecified atom stereocenters. The third-order valence-electron chi connectivity index (χ3n) is 2.51. The summed E-state index contributed by atoms with van der Waals surface area (Å²) in [6.07, 6.45) is 0.999. The molecule has 2 nitrogen and oxygen atoms in total. The van der Waals surface area contributed by atoms with Gasteiger partial charge in [-0.2, -0.15) is 0 Å². The molecule has 0 spiro atoms. The highest BCUT2D eigenvalue weighted by Crippen LogP contribution is 2.15. The molecule has 0 aliphatic rings. The van der Waals surface area contributed by atoms with Crippen molar-refractivity contribution in [1.82, 2.24) is 5.32 Å². The quantitative estimate of drug-likeness (QED) is 0.896. The number of carbonyl (C=O) groups is 1. The fourth-order valence-electron chi connectivity index (χ4n) is 1.94. The maximum atomic E-state index is 12.0. The zero-order chi connectivity index (χ0) is 13.0. The van der Waals surface area contributed by atoms with Crippen LogP contribution in [0.5, 0.6) is 0 Å². The van der Waals surface area contributed by atoms with Crippen molar-refractivity contribution in [2.24, 2.45) is 5.92 Å². The van der Waals surface area contributed by atoms with Gasteiger partial charge in [-0.3, -0.25) is 4.79 Å². The minimum atomic E-state index is 0.00236. The van der Waals surface area contributed by atoms with Gasteiger partial charge in [-0.05, 0) is 49.9 Å². The molecule has 1 amide bonds. The van der Waals surface area contributed by atoms with Gasteiger partial charge in [0.1, 0.15) is 0 Å². The van der Waals surface area contributed by atoms with E-state index in [1.54, 1.807) is 0 Å². The summed E-state index contributed by atoms with van der Waals surface area (Å²) >= 11 is 3.41. The molecule has 0 aromatic heterocycles. The van der Waals surface area contributed by atoms with Crippen molar-refractivity contribution in [3.8, 4) is 0 Å². The second-order valence-electron chi connectivity index (χ2n) is 5.02. The predicted molar refractivity (Wildman–Crippen MR) is 75.3 cm³/mol. The molecule has 0 saturated heterocycles. The molecule has 0 saturated carbocycles. The number of hydrogen-bond acceptors (Lipinski definition) is 1. The van der Waals surface area contributed by atoms with E-state index < -0.39 is 0 Å². The molecule has 1 aromatic carbocycles. The van der Waals surface area contributed by atoms with Gasteiger partial charge >= 0.3 is 0 Å². The molecule has 3 heteroatoms. The molecule has 1 atom stereocenters. The second kappa shape index (κ2) is 6.20. The minimum absolute atomic E-state index is 0.00236. The number of halogens is 1. The Hall–Kier alpha value is -0.830. The summed E-state index contributed by atoms with van der Waals surface area (Å²) in [7, 11) is 0. The first kappa shape index (κ1) is 14.2. The highest BCUT2D eigenvalue weighted by molar-refractivity contribution is 9.10. The zero-order valence-corrected chi connectivity index (χ0v) is 12.5. The first-order valence-electron chi connectivity index (χ1n) is 5.96. The van der Waals surface area contributed by atoms with E-state index in [-0.39, 0.29) is 11.9 Å². The molecule has 1 N–H and O–H groups in total. The summed E-state index contributed by atoms with van der Waals surface area (Å²) < 4.78 is 0.944. The normalized spacial score (nSPS) is 12.6.